The Labute approximate surface area is 111 Å². The fraction of sp³-hybridized carbons (Fsp3) is 0.933. The molecule has 0 bridgehead atoms. The first-order valence-electron chi connectivity index (χ1n) is 7.54. The number of rotatable bonds is 5. The van der Waals surface area contributed by atoms with Crippen molar-refractivity contribution < 1.29 is 4.79 Å². The molecule has 0 aromatic rings. The molecule has 104 valence electrons. The zero-order valence-electron chi connectivity index (χ0n) is 12.0. The van der Waals surface area contributed by atoms with Gasteiger partial charge in [-0.15, -0.1) is 0 Å². The summed E-state index contributed by atoms with van der Waals surface area (Å²) < 4.78 is 0. The molecule has 2 N–H and O–H groups in total. The molecule has 0 atom stereocenters. The summed E-state index contributed by atoms with van der Waals surface area (Å²) in [4.78, 5) is 14.5. The smallest absolute Gasteiger partial charge is 0.224 e. The molecule has 2 fully saturated rings. The summed E-state index contributed by atoms with van der Waals surface area (Å²) in [7, 11) is 0. The normalized spacial score (nSPS) is 21.9. The van der Waals surface area contributed by atoms with Crippen LogP contribution in [-0.4, -0.2) is 28.9 Å². The van der Waals surface area contributed by atoms with Gasteiger partial charge >= 0.3 is 0 Å². The van der Waals surface area contributed by atoms with Crippen LogP contribution in [0.15, 0.2) is 0 Å². The van der Waals surface area contributed by atoms with Gasteiger partial charge in [-0.1, -0.05) is 19.3 Å². The maximum atomic E-state index is 12.4. The fourth-order valence-corrected chi connectivity index (χ4v) is 2.98. The molecular weight excluding hydrogens is 224 g/mol. The van der Waals surface area contributed by atoms with Crippen LogP contribution in [-0.2, 0) is 4.79 Å². The van der Waals surface area contributed by atoms with Gasteiger partial charge in [-0.25, -0.2) is 0 Å². The lowest BCUT2D eigenvalue weighted by molar-refractivity contribution is -0.133. The van der Waals surface area contributed by atoms with Gasteiger partial charge in [0.1, 0.15) is 0 Å². The van der Waals surface area contributed by atoms with Gasteiger partial charge in [-0.2, -0.15) is 0 Å². The van der Waals surface area contributed by atoms with Crippen LogP contribution in [0.3, 0.4) is 0 Å². The minimum atomic E-state index is -0.378. The summed E-state index contributed by atoms with van der Waals surface area (Å²) in [6.07, 6.45) is 9.57. The highest BCUT2D eigenvalue weighted by molar-refractivity contribution is 5.78. The molecule has 3 heteroatoms. The average molecular weight is 252 g/mol. The summed E-state index contributed by atoms with van der Waals surface area (Å²) >= 11 is 0. The van der Waals surface area contributed by atoms with E-state index in [9.17, 15) is 4.79 Å². The number of nitrogens with zero attached hydrogens (tertiary/aromatic N) is 1. The topological polar surface area (TPSA) is 46.3 Å². The SMILES string of the molecule is CC(C)(N)CC(=O)N(CC1CCCCC1)C1CC1. The molecule has 0 aliphatic heterocycles. The first kappa shape index (κ1) is 13.9. The van der Waals surface area contributed by atoms with Gasteiger partial charge in [-0.3, -0.25) is 4.79 Å². The third-order valence-corrected chi connectivity index (χ3v) is 4.09. The largest absolute Gasteiger partial charge is 0.339 e. The highest BCUT2D eigenvalue weighted by Gasteiger charge is 2.35. The van der Waals surface area contributed by atoms with E-state index < -0.39 is 0 Å². The summed E-state index contributed by atoms with van der Waals surface area (Å²) in [6.45, 7) is 4.87. The van der Waals surface area contributed by atoms with E-state index >= 15 is 0 Å². The fourth-order valence-electron chi connectivity index (χ4n) is 2.98. The second-order valence-corrected chi connectivity index (χ2v) is 6.95. The van der Waals surface area contributed by atoms with Crippen molar-refractivity contribution in [2.75, 3.05) is 6.54 Å². The zero-order chi connectivity index (χ0) is 13.2. The Balaban J connectivity index is 1.88. The molecule has 0 aromatic carbocycles. The van der Waals surface area contributed by atoms with E-state index in [1.54, 1.807) is 0 Å². The Bertz CT molecular complexity index is 285. The number of amides is 1. The Kier molecular flexibility index (Phi) is 4.31. The van der Waals surface area contributed by atoms with Crippen LogP contribution in [0.25, 0.3) is 0 Å². The molecule has 18 heavy (non-hydrogen) atoms. The quantitative estimate of drug-likeness (QED) is 0.817. The predicted molar refractivity (Wildman–Crippen MR) is 74.2 cm³/mol. The minimum absolute atomic E-state index is 0.274. The summed E-state index contributed by atoms with van der Waals surface area (Å²) in [5, 5.41) is 0. The highest BCUT2D eigenvalue weighted by atomic mass is 16.2. The Morgan fingerprint density at radius 1 is 1.17 bits per heavy atom. The number of hydrogen-bond donors (Lipinski definition) is 1. The van der Waals surface area contributed by atoms with Crippen LogP contribution in [0.4, 0.5) is 0 Å². The third-order valence-electron chi connectivity index (χ3n) is 4.09. The number of hydrogen-bond acceptors (Lipinski definition) is 2. The molecule has 0 heterocycles. The van der Waals surface area contributed by atoms with Gasteiger partial charge in [0.25, 0.3) is 0 Å². The van der Waals surface area contributed by atoms with Gasteiger partial charge in [0.15, 0.2) is 0 Å². The van der Waals surface area contributed by atoms with Crippen LogP contribution in [0, 0.1) is 5.92 Å². The predicted octanol–water partition coefficient (Wildman–Crippen LogP) is 2.69. The maximum Gasteiger partial charge on any atom is 0.224 e. The first-order valence-corrected chi connectivity index (χ1v) is 7.54. The Hall–Kier alpha value is -0.570. The number of carbonyl (C=O) groups is 1. The molecular formula is C15H28N2O. The molecule has 2 aliphatic rings. The van der Waals surface area contributed by atoms with Crippen LogP contribution >= 0.6 is 0 Å². The van der Waals surface area contributed by atoms with Gasteiger partial charge < -0.3 is 10.6 Å². The van der Waals surface area contributed by atoms with Gasteiger partial charge in [-0.05, 0) is 45.4 Å². The average Bonchev–Trinajstić information content (AvgIpc) is 3.08. The van der Waals surface area contributed by atoms with Crippen LogP contribution in [0.1, 0.15) is 65.2 Å². The van der Waals surface area contributed by atoms with Crippen LogP contribution in [0.5, 0.6) is 0 Å². The standard InChI is InChI=1S/C15H28N2O/c1-15(2,16)10-14(18)17(13-8-9-13)11-12-6-4-3-5-7-12/h12-13H,3-11,16H2,1-2H3. The van der Waals surface area contributed by atoms with E-state index in [1.807, 2.05) is 13.8 Å². The van der Waals surface area contributed by atoms with Crippen molar-refractivity contribution in [3.63, 3.8) is 0 Å². The molecule has 0 saturated heterocycles. The first-order chi connectivity index (χ1) is 8.46. The number of nitrogens with two attached hydrogens (primary N) is 1. The monoisotopic (exact) mass is 252 g/mol. The van der Waals surface area contributed by atoms with E-state index in [0.29, 0.717) is 12.5 Å². The maximum absolute atomic E-state index is 12.4. The van der Waals surface area contributed by atoms with Crippen LogP contribution in [0.2, 0.25) is 0 Å². The Morgan fingerprint density at radius 3 is 2.28 bits per heavy atom. The molecule has 1 amide bonds. The van der Waals surface area contributed by atoms with E-state index in [2.05, 4.69) is 4.90 Å². The van der Waals surface area contributed by atoms with Gasteiger partial charge in [0, 0.05) is 24.5 Å². The molecule has 0 unspecified atom stereocenters. The van der Waals surface area contributed by atoms with Crippen molar-refractivity contribution in [3.8, 4) is 0 Å². The zero-order valence-corrected chi connectivity index (χ0v) is 12.0. The molecule has 2 rings (SSSR count). The highest BCUT2D eigenvalue weighted by Crippen LogP contribution is 2.32. The van der Waals surface area contributed by atoms with Gasteiger partial charge in [0.05, 0.1) is 0 Å². The molecule has 3 nitrogen and oxygen atoms in total. The Morgan fingerprint density at radius 2 is 1.78 bits per heavy atom. The van der Waals surface area contributed by atoms with Crippen molar-refractivity contribution in [2.45, 2.75) is 76.8 Å². The van der Waals surface area contributed by atoms with E-state index in [0.717, 1.165) is 12.5 Å². The van der Waals surface area contributed by atoms with E-state index in [1.165, 1.54) is 44.9 Å². The number of carbonyl (C=O) groups excluding carboxylic acids is 1. The third kappa shape index (κ3) is 4.27. The van der Waals surface area contributed by atoms with Crippen molar-refractivity contribution in [3.05, 3.63) is 0 Å². The van der Waals surface area contributed by atoms with Gasteiger partial charge in [0.2, 0.25) is 5.91 Å². The van der Waals surface area contributed by atoms with E-state index in [4.69, 9.17) is 5.73 Å². The second kappa shape index (κ2) is 5.60. The van der Waals surface area contributed by atoms with Crippen molar-refractivity contribution in [1.82, 2.24) is 4.90 Å². The molecule has 2 aliphatic carbocycles. The lowest BCUT2D eigenvalue weighted by atomic mass is 9.88. The van der Waals surface area contributed by atoms with Crippen molar-refractivity contribution in [1.29, 1.82) is 0 Å². The summed E-state index contributed by atoms with van der Waals surface area (Å²) in [6, 6.07) is 0.529. The van der Waals surface area contributed by atoms with Crippen LogP contribution < -0.4 is 5.73 Å². The van der Waals surface area contributed by atoms with Crippen molar-refractivity contribution >= 4 is 5.91 Å². The summed E-state index contributed by atoms with van der Waals surface area (Å²) in [5.41, 5.74) is 5.60. The molecule has 0 aromatic heterocycles. The molecule has 0 radical (unpaired) electrons. The van der Waals surface area contributed by atoms with E-state index in [-0.39, 0.29) is 11.4 Å². The lowest BCUT2D eigenvalue weighted by Gasteiger charge is -2.31. The minimum Gasteiger partial charge on any atom is -0.339 e. The molecule has 2 saturated carbocycles. The summed E-state index contributed by atoms with van der Waals surface area (Å²) in [5.74, 6) is 1.01. The second-order valence-electron chi connectivity index (χ2n) is 6.95. The molecule has 0 spiro atoms. The van der Waals surface area contributed by atoms with Crippen molar-refractivity contribution in [2.24, 2.45) is 11.7 Å². The lowest BCUT2D eigenvalue weighted by Crippen LogP contribution is -2.44.